The summed E-state index contributed by atoms with van der Waals surface area (Å²) in [6.07, 6.45) is 1.69. The van der Waals surface area contributed by atoms with Gasteiger partial charge in [0.15, 0.2) is 0 Å². The van der Waals surface area contributed by atoms with Gasteiger partial charge in [-0.05, 0) is 61.0 Å². The average Bonchev–Trinajstić information content (AvgIpc) is 2.79. The third-order valence-electron chi connectivity index (χ3n) is 4.50. The molecule has 0 aliphatic rings. The Kier molecular flexibility index (Phi) is 7.00. The van der Waals surface area contributed by atoms with Crippen LogP contribution in [-0.4, -0.2) is 24.0 Å². The lowest BCUT2D eigenvalue weighted by Gasteiger charge is -2.13. The maximum absolute atomic E-state index is 12.4. The standard InChI is InChI=1S/C23H24N4O3/c1-16(21-5-3-4-14-24-21)26-22(28)18-8-10-19(11-9-18)27-23(29)25-15-17-6-12-20(30-2)13-7-17/h3-14,16H,15H2,1-2H3,(H,26,28)(H2,25,27,29). The van der Waals surface area contributed by atoms with Crippen LogP contribution in [-0.2, 0) is 6.54 Å². The van der Waals surface area contributed by atoms with Gasteiger partial charge in [-0.1, -0.05) is 18.2 Å². The van der Waals surface area contributed by atoms with Crippen LogP contribution < -0.4 is 20.7 Å². The number of hydrogen-bond donors (Lipinski definition) is 3. The lowest BCUT2D eigenvalue weighted by molar-refractivity contribution is 0.0939. The molecule has 0 radical (unpaired) electrons. The fourth-order valence-electron chi connectivity index (χ4n) is 2.79. The first-order valence-corrected chi connectivity index (χ1v) is 9.55. The number of aromatic nitrogens is 1. The van der Waals surface area contributed by atoms with Crippen LogP contribution in [0.2, 0.25) is 0 Å². The molecule has 0 spiro atoms. The van der Waals surface area contributed by atoms with Gasteiger partial charge in [-0.2, -0.15) is 0 Å². The molecule has 3 amide bonds. The molecule has 0 aliphatic heterocycles. The highest BCUT2D eigenvalue weighted by Crippen LogP contribution is 2.13. The van der Waals surface area contributed by atoms with Crippen molar-refractivity contribution in [3.05, 3.63) is 89.7 Å². The third kappa shape index (κ3) is 5.81. The van der Waals surface area contributed by atoms with E-state index in [-0.39, 0.29) is 18.0 Å². The molecular formula is C23H24N4O3. The summed E-state index contributed by atoms with van der Waals surface area (Å²) < 4.78 is 5.11. The van der Waals surface area contributed by atoms with Crippen molar-refractivity contribution in [1.29, 1.82) is 0 Å². The van der Waals surface area contributed by atoms with Crippen LogP contribution in [0.25, 0.3) is 0 Å². The number of pyridine rings is 1. The van der Waals surface area contributed by atoms with Crippen LogP contribution in [0.3, 0.4) is 0 Å². The van der Waals surface area contributed by atoms with Crippen molar-refractivity contribution >= 4 is 17.6 Å². The highest BCUT2D eigenvalue weighted by atomic mass is 16.5. The summed E-state index contributed by atoms with van der Waals surface area (Å²) in [6, 6.07) is 19.2. The first-order valence-electron chi connectivity index (χ1n) is 9.55. The molecule has 1 unspecified atom stereocenters. The van der Waals surface area contributed by atoms with Crippen LogP contribution in [0.4, 0.5) is 10.5 Å². The van der Waals surface area contributed by atoms with E-state index in [1.165, 1.54) is 0 Å². The smallest absolute Gasteiger partial charge is 0.319 e. The number of hydrogen-bond acceptors (Lipinski definition) is 4. The van der Waals surface area contributed by atoms with E-state index < -0.39 is 0 Å². The number of methoxy groups -OCH3 is 1. The van der Waals surface area contributed by atoms with Crippen LogP contribution in [0.1, 0.15) is 34.6 Å². The minimum absolute atomic E-state index is 0.205. The monoisotopic (exact) mass is 404 g/mol. The molecule has 7 nitrogen and oxygen atoms in total. The molecule has 0 fully saturated rings. The van der Waals surface area contributed by atoms with E-state index in [4.69, 9.17) is 4.74 Å². The average molecular weight is 404 g/mol. The number of carbonyl (C=O) groups excluding carboxylic acids is 2. The van der Waals surface area contributed by atoms with Gasteiger partial charge < -0.3 is 20.7 Å². The summed E-state index contributed by atoms with van der Waals surface area (Å²) in [5, 5.41) is 8.45. The van der Waals surface area contributed by atoms with E-state index in [2.05, 4.69) is 20.9 Å². The van der Waals surface area contributed by atoms with Crippen molar-refractivity contribution in [2.75, 3.05) is 12.4 Å². The second kappa shape index (κ2) is 10.1. The molecule has 1 aromatic heterocycles. The van der Waals surface area contributed by atoms with Gasteiger partial charge in [0.25, 0.3) is 5.91 Å². The molecular weight excluding hydrogens is 380 g/mol. The first kappa shape index (κ1) is 20.9. The number of carbonyl (C=O) groups is 2. The minimum Gasteiger partial charge on any atom is -0.497 e. The Hall–Kier alpha value is -3.87. The largest absolute Gasteiger partial charge is 0.497 e. The van der Waals surface area contributed by atoms with Gasteiger partial charge in [-0.15, -0.1) is 0 Å². The summed E-state index contributed by atoms with van der Waals surface area (Å²) in [6.45, 7) is 2.27. The normalized spacial score (nSPS) is 11.3. The Morgan fingerprint density at radius 1 is 1.00 bits per heavy atom. The first-order chi connectivity index (χ1) is 14.5. The van der Waals surface area contributed by atoms with E-state index in [9.17, 15) is 9.59 Å². The Bertz CT molecular complexity index is 974. The summed E-state index contributed by atoms with van der Waals surface area (Å²) >= 11 is 0. The van der Waals surface area contributed by atoms with E-state index in [1.807, 2.05) is 49.4 Å². The fourth-order valence-corrected chi connectivity index (χ4v) is 2.79. The predicted molar refractivity (Wildman–Crippen MR) is 115 cm³/mol. The second-order valence-electron chi connectivity index (χ2n) is 6.68. The molecule has 1 atom stereocenters. The molecule has 0 saturated heterocycles. The van der Waals surface area contributed by atoms with Crippen LogP contribution in [0.15, 0.2) is 72.9 Å². The zero-order valence-corrected chi connectivity index (χ0v) is 16.9. The number of nitrogens with one attached hydrogen (secondary N) is 3. The molecule has 3 aromatic rings. The number of anilines is 1. The Morgan fingerprint density at radius 2 is 1.73 bits per heavy atom. The third-order valence-corrected chi connectivity index (χ3v) is 4.50. The van der Waals surface area contributed by atoms with Crippen LogP contribution >= 0.6 is 0 Å². The Morgan fingerprint density at radius 3 is 2.37 bits per heavy atom. The SMILES string of the molecule is COc1ccc(CNC(=O)Nc2ccc(C(=O)NC(C)c3ccccn3)cc2)cc1. The molecule has 7 heteroatoms. The molecule has 3 rings (SSSR count). The van der Waals surface area contributed by atoms with Crippen molar-refractivity contribution < 1.29 is 14.3 Å². The number of benzene rings is 2. The molecule has 154 valence electrons. The molecule has 0 bridgehead atoms. The lowest BCUT2D eigenvalue weighted by Crippen LogP contribution is -2.28. The van der Waals surface area contributed by atoms with Gasteiger partial charge in [0.05, 0.1) is 18.8 Å². The number of ether oxygens (including phenoxy) is 1. The summed E-state index contributed by atoms with van der Waals surface area (Å²) in [4.78, 5) is 28.8. The molecule has 3 N–H and O–H groups in total. The van der Waals surface area contributed by atoms with Gasteiger partial charge >= 0.3 is 6.03 Å². The highest BCUT2D eigenvalue weighted by Gasteiger charge is 2.12. The van der Waals surface area contributed by atoms with E-state index in [1.54, 1.807) is 37.6 Å². The van der Waals surface area contributed by atoms with Crippen molar-refractivity contribution in [3.8, 4) is 5.75 Å². The van der Waals surface area contributed by atoms with Crippen molar-refractivity contribution in [1.82, 2.24) is 15.6 Å². The quantitative estimate of drug-likeness (QED) is 0.557. The van der Waals surface area contributed by atoms with E-state index in [0.717, 1.165) is 17.0 Å². The summed E-state index contributed by atoms with van der Waals surface area (Å²) in [7, 11) is 1.61. The number of urea groups is 1. The lowest BCUT2D eigenvalue weighted by atomic mass is 10.1. The number of nitrogens with zero attached hydrogens (tertiary/aromatic N) is 1. The highest BCUT2D eigenvalue weighted by molar-refractivity contribution is 5.95. The maximum atomic E-state index is 12.4. The van der Waals surface area contributed by atoms with Gasteiger partial charge in [-0.3, -0.25) is 9.78 Å². The number of amides is 3. The second-order valence-corrected chi connectivity index (χ2v) is 6.68. The minimum atomic E-state index is -0.327. The maximum Gasteiger partial charge on any atom is 0.319 e. The topological polar surface area (TPSA) is 92.4 Å². The summed E-state index contributed by atoms with van der Waals surface area (Å²) in [5.41, 5.74) is 2.84. The van der Waals surface area contributed by atoms with Crippen molar-refractivity contribution in [2.24, 2.45) is 0 Å². The number of rotatable bonds is 7. The van der Waals surface area contributed by atoms with Crippen LogP contribution in [0.5, 0.6) is 5.75 Å². The van der Waals surface area contributed by atoms with Gasteiger partial charge in [0.2, 0.25) is 0 Å². The summed E-state index contributed by atoms with van der Waals surface area (Å²) in [5.74, 6) is 0.561. The molecule has 2 aromatic carbocycles. The van der Waals surface area contributed by atoms with E-state index in [0.29, 0.717) is 17.8 Å². The Balaban J connectivity index is 1.49. The van der Waals surface area contributed by atoms with Crippen molar-refractivity contribution in [2.45, 2.75) is 19.5 Å². The Labute approximate surface area is 175 Å². The zero-order chi connectivity index (χ0) is 21.3. The predicted octanol–water partition coefficient (Wildman–Crippen LogP) is 3.90. The van der Waals surface area contributed by atoms with E-state index >= 15 is 0 Å². The molecule has 1 heterocycles. The molecule has 0 saturated carbocycles. The van der Waals surface area contributed by atoms with Gasteiger partial charge in [0.1, 0.15) is 5.75 Å². The van der Waals surface area contributed by atoms with Crippen LogP contribution in [0, 0.1) is 0 Å². The van der Waals surface area contributed by atoms with Gasteiger partial charge in [0, 0.05) is 24.0 Å². The zero-order valence-electron chi connectivity index (χ0n) is 16.9. The van der Waals surface area contributed by atoms with Gasteiger partial charge in [-0.25, -0.2) is 4.79 Å². The fraction of sp³-hybridized carbons (Fsp3) is 0.174. The van der Waals surface area contributed by atoms with Crippen molar-refractivity contribution in [3.63, 3.8) is 0 Å². The molecule has 30 heavy (non-hydrogen) atoms. The molecule has 0 aliphatic carbocycles.